The van der Waals surface area contributed by atoms with Gasteiger partial charge in [-0.25, -0.2) is 4.68 Å². The molecule has 0 aliphatic rings. The molecule has 0 saturated heterocycles. The summed E-state index contributed by atoms with van der Waals surface area (Å²) >= 11 is 3.45. The van der Waals surface area contributed by atoms with Gasteiger partial charge < -0.3 is 4.74 Å². The minimum atomic E-state index is -0.250. The number of methoxy groups -OCH3 is 1. The highest BCUT2D eigenvalue weighted by Crippen LogP contribution is 2.21. The second-order valence-corrected chi connectivity index (χ2v) is 5.21. The monoisotopic (exact) mass is 322 g/mol. The van der Waals surface area contributed by atoms with Gasteiger partial charge in [-0.1, -0.05) is 22.0 Å². The van der Waals surface area contributed by atoms with Gasteiger partial charge in [0.2, 0.25) is 0 Å². The Morgan fingerprint density at radius 3 is 2.79 bits per heavy atom. The van der Waals surface area contributed by atoms with E-state index < -0.39 is 0 Å². The maximum absolute atomic E-state index is 11.4. The number of carbonyl (C=O) groups excluding carboxylic acids is 1. The number of aryl methyl sites for hydroxylation is 1. The van der Waals surface area contributed by atoms with Crippen LogP contribution in [-0.4, -0.2) is 22.9 Å². The lowest BCUT2D eigenvalue weighted by molar-refractivity contribution is -0.139. The van der Waals surface area contributed by atoms with Crippen LogP contribution in [0.4, 0.5) is 0 Å². The van der Waals surface area contributed by atoms with Crippen LogP contribution < -0.4 is 0 Å². The normalized spacial score (nSPS) is 10.5. The molecule has 1 aromatic carbocycles. The number of nitrogens with zero attached hydrogens (tertiary/aromatic N) is 2. The zero-order valence-electron chi connectivity index (χ0n) is 11.1. The number of ether oxygens (including phenoxy) is 1. The van der Waals surface area contributed by atoms with Crippen molar-refractivity contribution >= 4 is 21.9 Å². The summed E-state index contributed by atoms with van der Waals surface area (Å²) in [5.41, 5.74) is 3.70. The van der Waals surface area contributed by atoms with Crippen LogP contribution in [0.5, 0.6) is 0 Å². The van der Waals surface area contributed by atoms with Crippen LogP contribution in [0.1, 0.15) is 17.0 Å². The fraction of sp³-hybridized carbons (Fsp3) is 0.286. The predicted molar refractivity (Wildman–Crippen MR) is 76.5 cm³/mol. The molecule has 2 rings (SSSR count). The van der Waals surface area contributed by atoms with E-state index in [0.29, 0.717) is 0 Å². The molecule has 0 aliphatic carbocycles. The Morgan fingerprint density at radius 2 is 2.16 bits per heavy atom. The third-order valence-corrected chi connectivity index (χ3v) is 3.54. The van der Waals surface area contributed by atoms with E-state index >= 15 is 0 Å². The summed E-state index contributed by atoms with van der Waals surface area (Å²) in [6.07, 6.45) is 0.252. The van der Waals surface area contributed by atoms with Crippen molar-refractivity contribution in [2.24, 2.45) is 0 Å². The van der Waals surface area contributed by atoms with E-state index in [-0.39, 0.29) is 12.4 Å². The predicted octanol–water partition coefficient (Wildman–Crippen LogP) is 2.97. The van der Waals surface area contributed by atoms with Crippen molar-refractivity contribution < 1.29 is 9.53 Å². The average Bonchev–Trinajstić information content (AvgIpc) is 2.66. The Labute approximate surface area is 120 Å². The van der Waals surface area contributed by atoms with Gasteiger partial charge in [-0.15, -0.1) is 0 Å². The molecule has 2 aromatic rings. The lowest BCUT2D eigenvalue weighted by Gasteiger charge is -2.05. The molecule has 0 fully saturated rings. The van der Waals surface area contributed by atoms with Gasteiger partial charge in [0.05, 0.1) is 24.9 Å². The Morgan fingerprint density at radius 1 is 1.42 bits per heavy atom. The van der Waals surface area contributed by atoms with E-state index in [0.717, 1.165) is 27.1 Å². The first-order chi connectivity index (χ1) is 9.02. The van der Waals surface area contributed by atoms with Crippen molar-refractivity contribution in [2.45, 2.75) is 20.3 Å². The van der Waals surface area contributed by atoms with Gasteiger partial charge in [0, 0.05) is 15.7 Å². The van der Waals surface area contributed by atoms with E-state index in [2.05, 4.69) is 21.0 Å². The topological polar surface area (TPSA) is 44.1 Å². The van der Waals surface area contributed by atoms with Crippen molar-refractivity contribution in [1.82, 2.24) is 9.78 Å². The molecule has 1 aromatic heterocycles. The minimum Gasteiger partial charge on any atom is -0.469 e. The molecule has 0 spiro atoms. The largest absolute Gasteiger partial charge is 0.469 e. The molecule has 0 atom stereocenters. The molecule has 0 radical (unpaired) electrons. The molecular weight excluding hydrogens is 308 g/mol. The molecular formula is C14H15BrN2O2. The molecule has 100 valence electrons. The first-order valence-electron chi connectivity index (χ1n) is 5.90. The third-order valence-electron chi connectivity index (χ3n) is 3.04. The summed E-state index contributed by atoms with van der Waals surface area (Å²) in [4.78, 5) is 11.4. The van der Waals surface area contributed by atoms with E-state index in [1.54, 1.807) is 0 Å². The summed E-state index contributed by atoms with van der Waals surface area (Å²) < 4.78 is 7.55. The first kappa shape index (κ1) is 13.8. The van der Waals surface area contributed by atoms with Gasteiger partial charge in [-0.2, -0.15) is 5.10 Å². The van der Waals surface area contributed by atoms with Crippen molar-refractivity contribution in [3.63, 3.8) is 0 Å². The number of rotatable bonds is 3. The fourth-order valence-electron chi connectivity index (χ4n) is 2.01. The lowest BCUT2D eigenvalue weighted by atomic mass is 10.1. The Balaban J connectivity index is 2.44. The molecule has 19 heavy (non-hydrogen) atoms. The van der Waals surface area contributed by atoms with E-state index in [9.17, 15) is 4.79 Å². The lowest BCUT2D eigenvalue weighted by Crippen LogP contribution is -2.06. The minimum absolute atomic E-state index is 0.250. The van der Waals surface area contributed by atoms with Gasteiger partial charge in [0.25, 0.3) is 0 Å². The number of benzene rings is 1. The molecule has 0 saturated carbocycles. The second-order valence-electron chi connectivity index (χ2n) is 4.29. The van der Waals surface area contributed by atoms with Gasteiger partial charge in [-0.3, -0.25) is 4.79 Å². The number of hydrogen-bond donors (Lipinski definition) is 0. The number of aromatic nitrogens is 2. The molecule has 5 heteroatoms. The number of carbonyl (C=O) groups is 1. The van der Waals surface area contributed by atoms with Crippen LogP contribution in [0.2, 0.25) is 0 Å². The highest BCUT2D eigenvalue weighted by Gasteiger charge is 2.16. The van der Waals surface area contributed by atoms with Crippen molar-refractivity contribution in [3.8, 4) is 5.69 Å². The van der Waals surface area contributed by atoms with E-state index in [4.69, 9.17) is 4.74 Å². The van der Waals surface area contributed by atoms with Crippen molar-refractivity contribution in [3.05, 3.63) is 45.7 Å². The zero-order chi connectivity index (χ0) is 14.0. The van der Waals surface area contributed by atoms with Gasteiger partial charge in [0.1, 0.15) is 0 Å². The standard InChI is InChI=1S/C14H15BrN2O2/c1-9-13(8-14(18)19-3)10(2)17(16-9)12-6-4-5-11(15)7-12/h4-7H,8H2,1-3H3. The van der Waals surface area contributed by atoms with Crippen LogP contribution in [0, 0.1) is 13.8 Å². The second kappa shape index (κ2) is 5.57. The summed E-state index contributed by atoms with van der Waals surface area (Å²) in [6, 6.07) is 7.88. The van der Waals surface area contributed by atoms with Crippen molar-refractivity contribution in [1.29, 1.82) is 0 Å². The molecule has 4 nitrogen and oxygen atoms in total. The smallest absolute Gasteiger partial charge is 0.310 e. The third kappa shape index (κ3) is 2.87. The maximum atomic E-state index is 11.4. The SMILES string of the molecule is COC(=O)Cc1c(C)nn(-c2cccc(Br)c2)c1C. The zero-order valence-corrected chi connectivity index (χ0v) is 12.7. The van der Waals surface area contributed by atoms with Crippen LogP contribution in [0.3, 0.4) is 0 Å². The average molecular weight is 323 g/mol. The molecule has 0 N–H and O–H groups in total. The Hall–Kier alpha value is -1.62. The van der Waals surface area contributed by atoms with Gasteiger partial charge >= 0.3 is 5.97 Å². The van der Waals surface area contributed by atoms with Crippen LogP contribution in [0.15, 0.2) is 28.7 Å². The van der Waals surface area contributed by atoms with Gasteiger partial charge in [-0.05, 0) is 32.0 Å². The first-order valence-corrected chi connectivity index (χ1v) is 6.70. The summed E-state index contributed by atoms with van der Waals surface area (Å²) in [5, 5.41) is 4.50. The molecule has 0 unspecified atom stereocenters. The Kier molecular flexibility index (Phi) is 4.04. The molecule has 0 bridgehead atoms. The van der Waals surface area contributed by atoms with Crippen LogP contribution in [-0.2, 0) is 16.0 Å². The number of halogens is 1. The van der Waals surface area contributed by atoms with E-state index in [1.165, 1.54) is 7.11 Å². The quantitative estimate of drug-likeness (QED) is 0.816. The summed E-state index contributed by atoms with van der Waals surface area (Å²) in [7, 11) is 1.39. The van der Waals surface area contributed by atoms with Crippen LogP contribution in [0.25, 0.3) is 5.69 Å². The van der Waals surface area contributed by atoms with Crippen molar-refractivity contribution in [2.75, 3.05) is 7.11 Å². The highest BCUT2D eigenvalue weighted by molar-refractivity contribution is 9.10. The summed E-state index contributed by atoms with van der Waals surface area (Å²) in [6.45, 7) is 3.86. The van der Waals surface area contributed by atoms with Gasteiger partial charge in [0.15, 0.2) is 0 Å². The number of esters is 1. The highest BCUT2D eigenvalue weighted by atomic mass is 79.9. The van der Waals surface area contributed by atoms with E-state index in [1.807, 2.05) is 42.8 Å². The van der Waals surface area contributed by atoms with Crippen LogP contribution >= 0.6 is 15.9 Å². The molecule has 1 heterocycles. The summed E-state index contributed by atoms with van der Waals surface area (Å²) in [5.74, 6) is -0.250. The Bertz CT molecular complexity index is 620. The molecule has 0 amide bonds. The maximum Gasteiger partial charge on any atom is 0.310 e. The number of hydrogen-bond acceptors (Lipinski definition) is 3. The molecule has 0 aliphatic heterocycles. The fourth-order valence-corrected chi connectivity index (χ4v) is 2.39.